The van der Waals surface area contributed by atoms with Crippen LogP contribution in [0.15, 0.2) is 27.6 Å². The van der Waals surface area contributed by atoms with E-state index < -0.39 is 15.8 Å². The molecule has 0 aliphatic carbocycles. The van der Waals surface area contributed by atoms with Crippen LogP contribution in [0.2, 0.25) is 0 Å². The monoisotopic (exact) mass is 413 g/mol. The number of aryl methyl sites for hydroxylation is 1. The molecule has 0 N–H and O–H groups in total. The Morgan fingerprint density at radius 1 is 1.32 bits per heavy atom. The molecule has 0 atom stereocenters. The predicted molar refractivity (Wildman–Crippen MR) is 97.6 cm³/mol. The summed E-state index contributed by atoms with van der Waals surface area (Å²) >= 11 is 0. The van der Waals surface area contributed by atoms with Gasteiger partial charge in [0.15, 0.2) is 5.82 Å². The highest BCUT2D eigenvalue weighted by Crippen LogP contribution is 2.24. The van der Waals surface area contributed by atoms with Crippen molar-refractivity contribution < 1.29 is 26.8 Å². The van der Waals surface area contributed by atoms with E-state index in [1.165, 1.54) is 16.4 Å². The molecule has 0 amide bonds. The first-order chi connectivity index (χ1) is 13.4. The smallest absolute Gasteiger partial charge is 0.252 e. The van der Waals surface area contributed by atoms with Crippen LogP contribution < -0.4 is 0 Å². The van der Waals surface area contributed by atoms with Crippen LogP contribution in [0.4, 0.5) is 4.39 Å². The van der Waals surface area contributed by atoms with E-state index >= 15 is 0 Å². The Balaban J connectivity index is 1.51. The van der Waals surface area contributed by atoms with Crippen molar-refractivity contribution in [2.75, 3.05) is 26.8 Å². The first-order valence-corrected chi connectivity index (χ1v) is 10.5. The summed E-state index contributed by atoms with van der Waals surface area (Å²) in [4.78, 5) is 4.19. The Kier molecular flexibility index (Phi) is 6.76. The van der Waals surface area contributed by atoms with Crippen molar-refractivity contribution in [3.05, 3.63) is 41.3 Å². The van der Waals surface area contributed by atoms with Crippen LogP contribution in [0, 0.1) is 12.7 Å². The Morgan fingerprint density at radius 2 is 2.07 bits per heavy atom. The number of hydrogen-bond donors (Lipinski definition) is 0. The number of rotatable bonds is 8. The average Bonchev–Trinajstić information content (AvgIpc) is 3.15. The van der Waals surface area contributed by atoms with Crippen molar-refractivity contribution in [1.29, 1.82) is 0 Å². The van der Waals surface area contributed by atoms with E-state index in [0.717, 1.165) is 6.07 Å². The van der Waals surface area contributed by atoms with Gasteiger partial charge in [0.25, 0.3) is 5.89 Å². The number of aromatic nitrogens is 2. The largest absolute Gasteiger partial charge is 0.384 e. The topological polar surface area (TPSA) is 94.8 Å². The third-order valence-electron chi connectivity index (χ3n) is 4.66. The fourth-order valence-corrected chi connectivity index (χ4v) is 4.44. The third-order valence-corrected chi connectivity index (χ3v) is 6.56. The lowest BCUT2D eigenvalue weighted by atomic mass is 10.1. The normalized spacial score (nSPS) is 16.5. The summed E-state index contributed by atoms with van der Waals surface area (Å²) in [5.74, 6) is 0.423. The molecule has 0 unspecified atom stereocenters. The van der Waals surface area contributed by atoms with Gasteiger partial charge in [-0.2, -0.15) is 9.29 Å². The van der Waals surface area contributed by atoms with Gasteiger partial charge in [0.05, 0.1) is 17.6 Å². The maximum Gasteiger partial charge on any atom is 0.252 e. The molecule has 0 bridgehead atoms. The van der Waals surface area contributed by atoms with E-state index in [9.17, 15) is 12.8 Å². The van der Waals surface area contributed by atoms with Gasteiger partial charge in [-0.3, -0.25) is 0 Å². The maximum atomic E-state index is 13.7. The zero-order chi connectivity index (χ0) is 20.1. The molecule has 2 aromatic rings. The molecule has 28 heavy (non-hydrogen) atoms. The van der Waals surface area contributed by atoms with E-state index in [1.54, 1.807) is 14.0 Å². The Hall–Kier alpha value is -1.88. The van der Waals surface area contributed by atoms with Gasteiger partial charge in [-0.15, -0.1) is 0 Å². The van der Waals surface area contributed by atoms with Crippen LogP contribution in [-0.2, 0) is 32.5 Å². The van der Waals surface area contributed by atoms with E-state index in [4.69, 9.17) is 14.0 Å². The Bertz CT molecular complexity index is 894. The highest BCUT2D eigenvalue weighted by atomic mass is 32.2. The molecule has 0 spiro atoms. The third kappa shape index (κ3) is 4.93. The van der Waals surface area contributed by atoms with Gasteiger partial charge in [-0.1, -0.05) is 11.2 Å². The second kappa shape index (κ2) is 9.08. The van der Waals surface area contributed by atoms with Gasteiger partial charge in [0, 0.05) is 26.6 Å². The number of hydrogen-bond acceptors (Lipinski definition) is 7. The second-order valence-electron chi connectivity index (χ2n) is 6.67. The molecule has 1 aromatic heterocycles. The highest BCUT2D eigenvalue weighted by molar-refractivity contribution is 7.89. The Morgan fingerprint density at radius 3 is 2.75 bits per heavy atom. The number of piperidine rings is 1. The molecule has 1 aliphatic heterocycles. The van der Waals surface area contributed by atoms with Gasteiger partial charge in [0.2, 0.25) is 10.0 Å². The molecule has 1 fully saturated rings. The first kappa shape index (κ1) is 20.8. The molecule has 0 saturated carbocycles. The summed E-state index contributed by atoms with van der Waals surface area (Å²) in [5, 5.41) is 3.84. The minimum atomic E-state index is -3.71. The fourth-order valence-electron chi connectivity index (χ4n) is 2.96. The number of halogens is 1. The second-order valence-corrected chi connectivity index (χ2v) is 8.61. The lowest BCUT2D eigenvalue weighted by Gasteiger charge is -2.30. The van der Waals surface area contributed by atoms with E-state index in [-0.39, 0.29) is 17.6 Å². The molecular weight excluding hydrogens is 389 g/mol. The van der Waals surface area contributed by atoms with Crippen LogP contribution in [0.3, 0.4) is 0 Å². The van der Waals surface area contributed by atoms with Crippen molar-refractivity contribution in [2.45, 2.75) is 43.8 Å². The molecule has 10 heteroatoms. The quantitative estimate of drug-likeness (QED) is 0.654. The zero-order valence-electron chi connectivity index (χ0n) is 15.9. The van der Waals surface area contributed by atoms with Gasteiger partial charge in [-0.05, 0) is 37.5 Å². The number of ether oxygens (including phenoxy) is 2. The lowest BCUT2D eigenvalue weighted by Crippen LogP contribution is -2.40. The predicted octanol–water partition coefficient (Wildman–Crippen LogP) is 2.08. The summed E-state index contributed by atoms with van der Waals surface area (Å²) in [6, 6.07) is 3.99. The van der Waals surface area contributed by atoms with Crippen molar-refractivity contribution in [1.82, 2.24) is 14.4 Å². The summed E-state index contributed by atoms with van der Waals surface area (Å²) in [5.41, 5.74) is 0.414. The van der Waals surface area contributed by atoms with E-state index in [1.807, 2.05) is 0 Å². The van der Waals surface area contributed by atoms with Crippen molar-refractivity contribution in [3.8, 4) is 0 Å². The molecule has 3 rings (SSSR count). The van der Waals surface area contributed by atoms with Gasteiger partial charge in [-0.25, -0.2) is 12.8 Å². The van der Waals surface area contributed by atoms with Gasteiger partial charge in [0.1, 0.15) is 12.4 Å². The first-order valence-electron chi connectivity index (χ1n) is 9.08. The molecular formula is C18H24FN3O5S. The molecule has 8 nitrogen and oxygen atoms in total. The van der Waals surface area contributed by atoms with E-state index in [2.05, 4.69) is 10.1 Å². The fraction of sp³-hybridized carbons (Fsp3) is 0.556. The van der Waals surface area contributed by atoms with E-state index in [0.29, 0.717) is 56.2 Å². The maximum absolute atomic E-state index is 13.7. The molecule has 154 valence electrons. The lowest BCUT2D eigenvalue weighted by molar-refractivity contribution is -0.00119. The minimum Gasteiger partial charge on any atom is -0.384 e. The summed E-state index contributed by atoms with van der Waals surface area (Å²) in [6.45, 7) is 2.91. The highest BCUT2D eigenvalue weighted by Gasteiger charge is 2.30. The standard InChI is InChI=1S/C18H24FN3O5S/c1-13-3-4-15(11-16(13)19)28(23,24)22-8-5-14(6-9-22)26-12-18-20-17(21-27-18)7-10-25-2/h3-4,11,14H,5-10,12H2,1-2H3. The summed E-state index contributed by atoms with van der Waals surface area (Å²) in [6.07, 6.45) is 1.54. The zero-order valence-corrected chi connectivity index (χ0v) is 16.7. The average molecular weight is 413 g/mol. The number of methoxy groups -OCH3 is 1. The summed E-state index contributed by atoms with van der Waals surface area (Å²) in [7, 11) is -2.11. The number of sulfonamides is 1. The Labute approximate surface area is 163 Å². The molecule has 0 radical (unpaired) electrons. The molecule has 1 aromatic carbocycles. The van der Waals surface area contributed by atoms with Crippen LogP contribution >= 0.6 is 0 Å². The van der Waals surface area contributed by atoms with Crippen molar-refractivity contribution >= 4 is 10.0 Å². The number of benzene rings is 1. The molecule has 2 heterocycles. The SMILES string of the molecule is COCCc1noc(COC2CCN(S(=O)(=O)c3ccc(C)c(F)c3)CC2)n1. The molecule has 1 saturated heterocycles. The van der Waals surface area contributed by atoms with Crippen LogP contribution in [0.25, 0.3) is 0 Å². The number of nitrogens with zero attached hydrogens (tertiary/aromatic N) is 3. The van der Waals surface area contributed by atoms with Gasteiger partial charge < -0.3 is 14.0 Å². The minimum absolute atomic E-state index is 0.0237. The van der Waals surface area contributed by atoms with Crippen LogP contribution in [0.1, 0.15) is 30.1 Å². The van der Waals surface area contributed by atoms with Gasteiger partial charge >= 0.3 is 0 Å². The van der Waals surface area contributed by atoms with Crippen molar-refractivity contribution in [2.24, 2.45) is 0 Å². The van der Waals surface area contributed by atoms with Crippen LogP contribution in [-0.4, -0.2) is 55.8 Å². The van der Waals surface area contributed by atoms with Crippen molar-refractivity contribution in [3.63, 3.8) is 0 Å². The summed E-state index contributed by atoms with van der Waals surface area (Å²) < 4.78 is 56.4. The van der Waals surface area contributed by atoms with Crippen LogP contribution in [0.5, 0.6) is 0 Å². The molecule has 1 aliphatic rings.